The molecule has 0 aliphatic carbocycles. The lowest BCUT2D eigenvalue weighted by atomic mass is 9.97. The van der Waals surface area contributed by atoms with Gasteiger partial charge in [0.05, 0.1) is 6.26 Å². The number of nitrogens with zero attached hydrogens (tertiary/aromatic N) is 5. The van der Waals surface area contributed by atoms with Crippen LogP contribution in [0.25, 0.3) is 16.8 Å². The molecule has 7 nitrogen and oxygen atoms in total. The summed E-state index contributed by atoms with van der Waals surface area (Å²) in [6.45, 7) is 1.33. The van der Waals surface area contributed by atoms with Crippen molar-refractivity contribution < 1.29 is 9.21 Å². The third-order valence-corrected chi connectivity index (χ3v) is 5.15. The first-order chi connectivity index (χ1) is 13.8. The molecule has 1 atom stereocenters. The number of likely N-dealkylation sites (tertiary alicyclic amines) is 1. The number of fused-ring (bicyclic) bond motifs is 1. The zero-order valence-electron chi connectivity index (χ0n) is 15.2. The van der Waals surface area contributed by atoms with E-state index < -0.39 is 0 Å². The number of piperidine rings is 1. The van der Waals surface area contributed by atoms with Crippen molar-refractivity contribution in [2.45, 2.75) is 18.8 Å². The summed E-state index contributed by atoms with van der Waals surface area (Å²) in [7, 11) is 0. The van der Waals surface area contributed by atoms with Gasteiger partial charge in [0.25, 0.3) is 5.91 Å². The predicted molar refractivity (Wildman–Crippen MR) is 103 cm³/mol. The number of hydrogen-bond donors (Lipinski definition) is 0. The summed E-state index contributed by atoms with van der Waals surface area (Å²) < 4.78 is 7.07. The van der Waals surface area contributed by atoms with Crippen LogP contribution in [0.2, 0.25) is 0 Å². The van der Waals surface area contributed by atoms with Crippen molar-refractivity contribution in [2.24, 2.45) is 0 Å². The van der Waals surface area contributed by atoms with E-state index in [1.807, 2.05) is 46.1 Å². The first-order valence-corrected chi connectivity index (χ1v) is 9.37. The molecule has 1 saturated heterocycles. The van der Waals surface area contributed by atoms with Crippen LogP contribution in [0.4, 0.5) is 0 Å². The van der Waals surface area contributed by atoms with Gasteiger partial charge in [-0.15, -0.1) is 0 Å². The number of furan rings is 1. The molecule has 5 rings (SSSR count). The van der Waals surface area contributed by atoms with Crippen LogP contribution in [0.3, 0.4) is 0 Å². The van der Waals surface area contributed by atoms with Crippen LogP contribution in [0.15, 0.2) is 65.7 Å². The summed E-state index contributed by atoms with van der Waals surface area (Å²) in [4.78, 5) is 23.3. The molecular formula is C21H19N5O2. The monoisotopic (exact) mass is 373 g/mol. The summed E-state index contributed by atoms with van der Waals surface area (Å²) in [6, 6.07) is 11.4. The highest BCUT2D eigenvalue weighted by molar-refractivity contribution is 5.91. The number of hydrogen-bond acceptors (Lipinski definition) is 5. The van der Waals surface area contributed by atoms with Gasteiger partial charge in [0.15, 0.2) is 17.2 Å². The molecule has 1 fully saturated rings. The molecular weight excluding hydrogens is 354 g/mol. The minimum atomic E-state index is -0.0719. The second kappa shape index (κ2) is 6.92. The average molecular weight is 373 g/mol. The van der Waals surface area contributed by atoms with Crippen molar-refractivity contribution in [1.29, 1.82) is 0 Å². The first-order valence-electron chi connectivity index (χ1n) is 9.37. The third-order valence-electron chi connectivity index (χ3n) is 5.15. The lowest BCUT2D eigenvalue weighted by Crippen LogP contribution is -2.39. The highest BCUT2D eigenvalue weighted by Gasteiger charge is 2.29. The molecule has 28 heavy (non-hydrogen) atoms. The SMILES string of the molecule is O=C(c1ccco1)N1CCC[C@H](c2nc3ccc(-c4cccnc4)cn3n2)C1. The Balaban J connectivity index is 1.40. The first kappa shape index (κ1) is 16.7. The predicted octanol–water partition coefficient (Wildman–Crippen LogP) is 3.40. The van der Waals surface area contributed by atoms with Crippen LogP contribution in [0.1, 0.15) is 35.1 Å². The van der Waals surface area contributed by atoms with Crippen molar-refractivity contribution in [3.63, 3.8) is 0 Å². The fourth-order valence-corrected chi connectivity index (χ4v) is 3.71. The Hall–Kier alpha value is -3.48. The van der Waals surface area contributed by atoms with Crippen molar-refractivity contribution >= 4 is 11.6 Å². The summed E-state index contributed by atoms with van der Waals surface area (Å²) >= 11 is 0. The van der Waals surface area contributed by atoms with Crippen LogP contribution >= 0.6 is 0 Å². The topological polar surface area (TPSA) is 76.5 Å². The van der Waals surface area contributed by atoms with Gasteiger partial charge in [-0.1, -0.05) is 6.07 Å². The molecule has 0 N–H and O–H groups in total. The molecule has 1 amide bonds. The quantitative estimate of drug-likeness (QED) is 0.550. The molecule has 0 spiro atoms. The smallest absolute Gasteiger partial charge is 0.289 e. The van der Waals surface area contributed by atoms with Gasteiger partial charge in [0.2, 0.25) is 0 Å². The highest BCUT2D eigenvalue weighted by Crippen LogP contribution is 2.27. The maximum absolute atomic E-state index is 12.6. The molecule has 1 aliphatic rings. The van der Waals surface area contributed by atoms with E-state index >= 15 is 0 Å². The van der Waals surface area contributed by atoms with Crippen LogP contribution in [0, 0.1) is 0 Å². The number of carbonyl (C=O) groups excluding carboxylic acids is 1. The van der Waals surface area contributed by atoms with Crippen LogP contribution in [0.5, 0.6) is 0 Å². The van der Waals surface area contributed by atoms with Crippen molar-refractivity contribution in [3.8, 4) is 11.1 Å². The van der Waals surface area contributed by atoms with Crippen molar-refractivity contribution in [1.82, 2.24) is 24.5 Å². The maximum Gasteiger partial charge on any atom is 0.289 e. The molecule has 5 heterocycles. The maximum atomic E-state index is 12.6. The fraction of sp³-hybridized carbons (Fsp3) is 0.238. The van der Waals surface area contributed by atoms with Gasteiger partial charge in [-0.05, 0) is 43.2 Å². The van der Waals surface area contributed by atoms with E-state index in [1.165, 1.54) is 6.26 Å². The van der Waals surface area contributed by atoms with Gasteiger partial charge in [-0.2, -0.15) is 5.10 Å². The Bertz CT molecular complexity index is 1100. The summed E-state index contributed by atoms with van der Waals surface area (Å²) in [6.07, 6.45) is 8.98. The van der Waals surface area contributed by atoms with Crippen molar-refractivity contribution in [3.05, 3.63) is 72.8 Å². The molecule has 4 aromatic heterocycles. The van der Waals surface area contributed by atoms with Crippen LogP contribution in [-0.4, -0.2) is 43.5 Å². The molecule has 1 aliphatic heterocycles. The highest BCUT2D eigenvalue weighted by atomic mass is 16.3. The molecule has 0 aromatic carbocycles. The minimum Gasteiger partial charge on any atom is -0.459 e. The van der Waals surface area contributed by atoms with Crippen LogP contribution in [-0.2, 0) is 0 Å². The number of carbonyl (C=O) groups is 1. The van der Waals surface area contributed by atoms with E-state index in [0.29, 0.717) is 12.3 Å². The van der Waals surface area contributed by atoms with Gasteiger partial charge in [0, 0.05) is 48.7 Å². The van der Waals surface area contributed by atoms with E-state index in [4.69, 9.17) is 14.5 Å². The van der Waals surface area contributed by atoms with Gasteiger partial charge < -0.3 is 9.32 Å². The Labute approximate surface area is 161 Å². The Kier molecular flexibility index (Phi) is 4.12. The van der Waals surface area contributed by atoms with E-state index in [0.717, 1.165) is 42.0 Å². The fourth-order valence-electron chi connectivity index (χ4n) is 3.71. The Morgan fingerprint density at radius 2 is 2.11 bits per heavy atom. The molecule has 4 aromatic rings. The molecule has 0 bridgehead atoms. The molecule has 0 saturated carbocycles. The van der Waals surface area contributed by atoms with E-state index in [1.54, 1.807) is 18.3 Å². The summed E-state index contributed by atoms with van der Waals surface area (Å²) in [5.41, 5.74) is 2.88. The molecule has 0 unspecified atom stereocenters. The van der Waals surface area contributed by atoms with E-state index in [2.05, 4.69) is 4.98 Å². The molecule has 0 radical (unpaired) electrons. The number of rotatable bonds is 3. The number of aromatic nitrogens is 4. The molecule has 140 valence electrons. The number of pyridine rings is 2. The standard InChI is InChI=1S/C21H19N5O2/c27-21(18-6-3-11-28-18)25-10-2-5-17(13-25)20-23-19-8-7-16(14-26(19)24-20)15-4-1-9-22-12-15/h1,3-4,6-9,11-12,14,17H,2,5,10,13H2/t17-/m0/s1. The van der Waals surface area contributed by atoms with Crippen molar-refractivity contribution in [2.75, 3.05) is 13.1 Å². The Morgan fingerprint density at radius 1 is 1.14 bits per heavy atom. The zero-order valence-corrected chi connectivity index (χ0v) is 15.2. The van der Waals surface area contributed by atoms with Gasteiger partial charge >= 0.3 is 0 Å². The van der Waals surface area contributed by atoms with E-state index in [9.17, 15) is 4.79 Å². The largest absolute Gasteiger partial charge is 0.459 e. The minimum absolute atomic E-state index is 0.0719. The normalized spacial score (nSPS) is 17.1. The lowest BCUT2D eigenvalue weighted by molar-refractivity contribution is 0.0672. The second-order valence-corrected chi connectivity index (χ2v) is 7.00. The van der Waals surface area contributed by atoms with E-state index in [-0.39, 0.29) is 11.8 Å². The third kappa shape index (κ3) is 3.05. The summed E-state index contributed by atoms with van der Waals surface area (Å²) in [5, 5.41) is 4.70. The number of amides is 1. The summed E-state index contributed by atoms with van der Waals surface area (Å²) in [5.74, 6) is 1.21. The van der Waals surface area contributed by atoms with Gasteiger partial charge in [-0.3, -0.25) is 9.78 Å². The lowest BCUT2D eigenvalue weighted by Gasteiger charge is -2.30. The van der Waals surface area contributed by atoms with Gasteiger partial charge in [0.1, 0.15) is 0 Å². The second-order valence-electron chi connectivity index (χ2n) is 7.00. The average Bonchev–Trinajstić information content (AvgIpc) is 3.43. The molecule has 7 heteroatoms. The Morgan fingerprint density at radius 3 is 2.93 bits per heavy atom. The van der Waals surface area contributed by atoms with Crippen LogP contribution < -0.4 is 0 Å². The zero-order chi connectivity index (χ0) is 18.9. The van der Waals surface area contributed by atoms with Gasteiger partial charge in [-0.25, -0.2) is 9.50 Å².